The summed E-state index contributed by atoms with van der Waals surface area (Å²) in [4.78, 5) is 24.5. The Balaban J connectivity index is 0.000000555. The Labute approximate surface area is 189 Å². The first-order chi connectivity index (χ1) is 15.3. The summed E-state index contributed by atoms with van der Waals surface area (Å²) in [6, 6.07) is 8.33. The molecule has 0 spiro atoms. The third-order valence-corrected chi connectivity index (χ3v) is 4.62. The Morgan fingerprint density at radius 1 is 1.30 bits per heavy atom. The van der Waals surface area contributed by atoms with Gasteiger partial charge in [-0.15, -0.1) is 0 Å². The lowest BCUT2D eigenvalue weighted by molar-refractivity contribution is -0.383. The fraction of sp³-hybridized carbons (Fsp3) is 0.300. The average molecular weight is 477 g/mol. The highest BCUT2D eigenvalue weighted by Gasteiger charge is 2.29. The van der Waals surface area contributed by atoms with Crippen molar-refractivity contribution >= 4 is 44.1 Å². The monoisotopic (exact) mass is 477 g/mol. The molecule has 0 saturated carbocycles. The first kappa shape index (κ1) is 24.1. The minimum Gasteiger partial charge on any atom is -0.427 e. The fourth-order valence-electron chi connectivity index (χ4n) is 3.38. The van der Waals surface area contributed by atoms with Crippen LogP contribution in [0.25, 0.3) is 22.2 Å². The molecule has 0 radical (unpaired) electrons. The SMILES string of the molecule is CC(=O)Oc1ccc2c(c1)-c1nn(CCN(C)C)c3ccc([N+](=O)[O-])c(c13)N2.CS(=O)(=O)O. The highest BCUT2D eigenvalue weighted by molar-refractivity contribution is 7.85. The van der Waals surface area contributed by atoms with Gasteiger partial charge < -0.3 is 15.0 Å². The van der Waals surface area contributed by atoms with Gasteiger partial charge in [-0.1, -0.05) is 0 Å². The van der Waals surface area contributed by atoms with Gasteiger partial charge in [0.1, 0.15) is 17.1 Å². The maximum atomic E-state index is 11.5. The summed E-state index contributed by atoms with van der Waals surface area (Å²) in [7, 11) is 0.284. The van der Waals surface area contributed by atoms with Crippen LogP contribution in [0.5, 0.6) is 5.75 Å². The molecule has 3 aromatic rings. The third kappa shape index (κ3) is 5.63. The van der Waals surface area contributed by atoms with Crippen molar-refractivity contribution < 1.29 is 27.4 Å². The molecule has 13 heteroatoms. The molecular weight excluding hydrogens is 454 g/mol. The molecule has 4 rings (SSSR count). The number of likely N-dealkylation sites (N-methyl/N-ethyl adjacent to an activating group) is 1. The van der Waals surface area contributed by atoms with Crippen molar-refractivity contribution in [2.24, 2.45) is 0 Å². The van der Waals surface area contributed by atoms with Crippen molar-refractivity contribution in [3.8, 4) is 17.0 Å². The molecule has 0 amide bonds. The van der Waals surface area contributed by atoms with E-state index in [9.17, 15) is 23.3 Å². The van der Waals surface area contributed by atoms with Gasteiger partial charge >= 0.3 is 5.97 Å². The molecule has 0 unspecified atom stereocenters. The number of aromatic nitrogens is 2. The molecule has 2 N–H and O–H groups in total. The summed E-state index contributed by atoms with van der Waals surface area (Å²) in [5.74, 6) is -0.0145. The Hall–Kier alpha value is -3.55. The number of carbonyl (C=O) groups is 1. The molecule has 1 aliphatic rings. The summed E-state index contributed by atoms with van der Waals surface area (Å²) in [6.07, 6.45) is 0.715. The van der Waals surface area contributed by atoms with E-state index in [1.54, 1.807) is 24.3 Å². The Morgan fingerprint density at radius 2 is 1.97 bits per heavy atom. The van der Waals surface area contributed by atoms with Crippen LogP contribution >= 0.6 is 0 Å². The van der Waals surface area contributed by atoms with Crippen molar-refractivity contribution in [1.29, 1.82) is 0 Å². The number of nitro benzene ring substituents is 1. The lowest BCUT2D eigenvalue weighted by atomic mass is 9.99. The summed E-state index contributed by atoms with van der Waals surface area (Å²) < 4.78 is 32.9. The van der Waals surface area contributed by atoms with Gasteiger partial charge in [-0.2, -0.15) is 13.5 Å². The number of esters is 1. The summed E-state index contributed by atoms with van der Waals surface area (Å²) >= 11 is 0. The second kappa shape index (κ2) is 9.13. The highest BCUT2D eigenvalue weighted by Crippen LogP contribution is 2.47. The lowest BCUT2D eigenvalue weighted by Crippen LogP contribution is -2.18. The number of nitro groups is 1. The number of anilines is 2. The second-order valence-electron chi connectivity index (χ2n) is 7.65. The number of fused-ring (bicyclic) bond motifs is 2. The van der Waals surface area contributed by atoms with Gasteiger partial charge in [0, 0.05) is 30.8 Å². The zero-order valence-corrected chi connectivity index (χ0v) is 19.2. The van der Waals surface area contributed by atoms with Gasteiger partial charge in [-0.25, -0.2) is 0 Å². The molecular formula is C20H23N5O7S. The summed E-state index contributed by atoms with van der Waals surface area (Å²) in [6.45, 7) is 2.75. The molecule has 0 atom stereocenters. The lowest BCUT2D eigenvalue weighted by Gasteiger charge is -2.18. The van der Waals surface area contributed by atoms with E-state index >= 15 is 0 Å². The van der Waals surface area contributed by atoms with Crippen LogP contribution in [0.2, 0.25) is 0 Å². The molecule has 12 nitrogen and oxygen atoms in total. The molecule has 0 aliphatic carbocycles. The smallest absolute Gasteiger partial charge is 0.308 e. The normalized spacial score (nSPS) is 11.9. The van der Waals surface area contributed by atoms with Gasteiger partial charge in [0.2, 0.25) is 0 Å². The second-order valence-corrected chi connectivity index (χ2v) is 9.11. The maximum absolute atomic E-state index is 11.5. The standard InChI is InChI=1S/C19H19N5O4.CH4O3S/c1-11(25)28-12-4-5-14-13(10-12)18-17-15(23(21-18)9-8-22(2)3)6-7-16(24(26)27)19(17)20-14;1-5(2,3)4/h4-7,10,20H,8-9H2,1-3H3;1H3,(H,2,3,4). The Bertz CT molecular complexity index is 1340. The molecule has 33 heavy (non-hydrogen) atoms. The van der Waals surface area contributed by atoms with Gasteiger partial charge in [-0.05, 0) is 38.4 Å². The van der Waals surface area contributed by atoms with Crippen LogP contribution < -0.4 is 10.1 Å². The van der Waals surface area contributed by atoms with E-state index in [1.807, 2.05) is 23.7 Å². The van der Waals surface area contributed by atoms with Crippen LogP contribution in [0.3, 0.4) is 0 Å². The Kier molecular flexibility index (Phi) is 6.67. The molecule has 0 bridgehead atoms. The van der Waals surface area contributed by atoms with Crippen molar-refractivity contribution in [3.63, 3.8) is 0 Å². The minimum atomic E-state index is -3.67. The third-order valence-electron chi connectivity index (χ3n) is 4.62. The largest absolute Gasteiger partial charge is 0.427 e. The van der Waals surface area contributed by atoms with Crippen molar-refractivity contribution in [3.05, 3.63) is 40.4 Å². The number of carbonyl (C=O) groups excluding carboxylic acids is 1. The van der Waals surface area contributed by atoms with E-state index < -0.39 is 21.0 Å². The molecule has 0 saturated heterocycles. The number of hydrogen-bond donors (Lipinski definition) is 2. The first-order valence-electron chi connectivity index (χ1n) is 9.70. The molecule has 2 aromatic carbocycles. The van der Waals surface area contributed by atoms with E-state index in [4.69, 9.17) is 14.4 Å². The van der Waals surface area contributed by atoms with Gasteiger partial charge in [0.15, 0.2) is 0 Å². The predicted octanol–water partition coefficient (Wildman–Crippen LogP) is 2.66. The van der Waals surface area contributed by atoms with Crippen LogP contribution in [0.1, 0.15) is 6.92 Å². The first-order valence-corrected chi connectivity index (χ1v) is 11.5. The van der Waals surface area contributed by atoms with Gasteiger partial charge in [0.25, 0.3) is 15.8 Å². The van der Waals surface area contributed by atoms with E-state index in [0.717, 1.165) is 17.6 Å². The number of benzene rings is 2. The van der Waals surface area contributed by atoms with Crippen LogP contribution in [-0.4, -0.2) is 65.4 Å². The summed E-state index contributed by atoms with van der Waals surface area (Å²) in [5.41, 5.74) is 3.29. The summed E-state index contributed by atoms with van der Waals surface area (Å²) in [5, 5.41) is 20.1. The van der Waals surface area contributed by atoms with Crippen LogP contribution in [0.4, 0.5) is 17.1 Å². The average Bonchev–Trinajstić information content (AvgIpc) is 3.05. The van der Waals surface area contributed by atoms with Crippen molar-refractivity contribution in [2.45, 2.75) is 13.5 Å². The molecule has 0 fully saturated rings. The predicted molar refractivity (Wildman–Crippen MR) is 122 cm³/mol. The number of rotatable bonds is 5. The zero-order valence-electron chi connectivity index (χ0n) is 18.4. The molecule has 1 aromatic heterocycles. The van der Waals surface area contributed by atoms with Crippen LogP contribution in [0, 0.1) is 10.1 Å². The Morgan fingerprint density at radius 3 is 2.55 bits per heavy atom. The fourth-order valence-corrected chi connectivity index (χ4v) is 3.38. The van der Waals surface area contributed by atoms with Crippen molar-refractivity contribution in [1.82, 2.24) is 14.7 Å². The molecule has 176 valence electrons. The van der Waals surface area contributed by atoms with E-state index in [0.29, 0.717) is 41.0 Å². The van der Waals surface area contributed by atoms with Crippen LogP contribution in [-0.2, 0) is 21.5 Å². The molecule has 2 heterocycles. The van der Waals surface area contributed by atoms with Crippen molar-refractivity contribution in [2.75, 3.05) is 32.2 Å². The highest BCUT2D eigenvalue weighted by atomic mass is 32.2. The minimum absolute atomic E-state index is 0.00405. The van der Waals surface area contributed by atoms with E-state index in [-0.39, 0.29) is 5.69 Å². The number of nitrogens with zero attached hydrogens (tertiary/aromatic N) is 4. The van der Waals surface area contributed by atoms with Gasteiger partial charge in [-0.3, -0.25) is 24.1 Å². The van der Waals surface area contributed by atoms with E-state index in [2.05, 4.69) is 5.32 Å². The van der Waals surface area contributed by atoms with E-state index in [1.165, 1.54) is 13.0 Å². The molecule has 1 aliphatic heterocycles. The van der Waals surface area contributed by atoms with Gasteiger partial charge in [0.05, 0.1) is 28.6 Å². The quantitative estimate of drug-likeness (QED) is 0.144. The number of hydrogen-bond acceptors (Lipinski definition) is 9. The number of nitrogens with one attached hydrogen (secondary N) is 1. The number of ether oxygens (including phenoxy) is 1. The maximum Gasteiger partial charge on any atom is 0.308 e. The van der Waals surface area contributed by atoms with Crippen LogP contribution in [0.15, 0.2) is 30.3 Å². The zero-order chi connectivity index (χ0) is 24.5. The topological polar surface area (TPSA) is 157 Å².